The molecule has 3 fully saturated rings. The molecule has 4 aliphatic carbocycles. The Labute approximate surface area is 215 Å². The molecule has 0 aromatic heterocycles. The van der Waals surface area contributed by atoms with Gasteiger partial charge in [-0.25, -0.2) is 0 Å². The summed E-state index contributed by atoms with van der Waals surface area (Å²) in [6, 6.07) is 9.57. The summed E-state index contributed by atoms with van der Waals surface area (Å²) < 4.78 is 12.0. The van der Waals surface area contributed by atoms with Crippen molar-refractivity contribution < 1.29 is 24.0 Å². The van der Waals surface area contributed by atoms with Gasteiger partial charge < -0.3 is 9.47 Å². The van der Waals surface area contributed by atoms with Crippen molar-refractivity contribution in [3.05, 3.63) is 74.3 Å². The molecule has 2 aromatic rings. The van der Waals surface area contributed by atoms with Crippen LogP contribution in [0, 0.1) is 45.6 Å². The summed E-state index contributed by atoms with van der Waals surface area (Å²) in [7, 11) is 1.51. The van der Waals surface area contributed by atoms with Gasteiger partial charge in [0.15, 0.2) is 11.5 Å². The number of imide groups is 1. The van der Waals surface area contributed by atoms with Gasteiger partial charge in [-0.3, -0.25) is 19.7 Å². The summed E-state index contributed by atoms with van der Waals surface area (Å²) in [4.78, 5) is 36.6. The van der Waals surface area contributed by atoms with E-state index >= 15 is 0 Å². The summed E-state index contributed by atoms with van der Waals surface area (Å²) >= 11 is 3.49. The minimum atomic E-state index is -0.453. The van der Waals surface area contributed by atoms with Crippen molar-refractivity contribution in [3.8, 4) is 11.5 Å². The topological polar surface area (TPSA) is 111 Å². The van der Waals surface area contributed by atoms with E-state index in [9.17, 15) is 19.7 Å². The van der Waals surface area contributed by atoms with E-state index in [1.807, 2.05) is 0 Å². The monoisotopic (exact) mass is 551 g/mol. The van der Waals surface area contributed by atoms with Crippen LogP contribution in [0.2, 0.25) is 0 Å². The molecule has 6 atom stereocenters. The van der Waals surface area contributed by atoms with Crippen LogP contribution in [-0.2, 0) is 16.2 Å². The maximum atomic E-state index is 13.1. The lowest BCUT2D eigenvalue weighted by atomic mass is 9.63. The van der Waals surface area contributed by atoms with E-state index in [4.69, 9.17) is 9.47 Å². The van der Waals surface area contributed by atoms with Crippen LogP contribution < -0.4 is 9.47 Å². The number of benzene rings is 2. The van der Waals surface area contributed by atoms with Gasteiger partial charge in [-0.2, -0.15) is 10.1 Å². The molecule has 0 radical (unpaired) electrons. The fraction of sp³-hybridized carbons (Fsp3) is 0.346. The van der Waals surface area contributed by atoms with Crippen LogP contribution in [0.1, 0.15) is 17.5 Å². The minimum absolute atomic E-state index is 0.0103. The summed E-state index contributed by atoms with van der Waals surface area (Å²) in [5.41, 5.74) is 1.39. The average molecular weight is 552 g/mol. The van der Waals surface area contributed by atoms with E-state index in [0.717, 1.165) is 17.0 Å². The number of hydrogen-bond donors (Lipinski definition) is 0. The molecule has 0 N–H and O–H groups in total. The van der Waals surface area contributed by atoms with E-state index in [1.54, 1.807) is 24.3 Å². The largest absolute Gasteiger partial charge is 0.493 e. The summed E-state index contributed by atoms with van der Waals surface area (Å²) in [5, 5.41) is 16.2. The first kappa shape index (κ1) is 22.9. The Morgan fingerprint density at radius 3 is 2.33 bits per heavy atom. The number of nitro groups is 1. The molecular weight excluding hydrogens is 530 g/mol. The molecule has 1 saturated heterocycles. The van der Waals surface area contributed by atoms with Gasteiger partial charge in [0, 0.05) is 12.1 Å². The quantitative estimate of drug-likeness (QED) is 0.166. The predicted molar refractivity (Wildman–Crippen MR) is 132 cm³/mol. The first-order chi connectivity index (χ1) is 17.4. The third-order valence-corrected chi connectivity index (χ3v) is 8.33. The van der Waals surface area contributed by atoms with Crippen LogP contribution in [0.25, 0.3) is 0 Å². The zero-order chi connectivity index (χ0) is 25.1. The average Bonchev–Trinajstić information content (AvgIpc) is 3.66. The van der Waals surface area contributed by atoms with E-state index < -0.39 is 4.92 Å². The Bertz CT molecular complexity index is 1300. The number of hydrazone groups is 1. The Morgan fingerprint density at radius 1 is 1.11 bits per heavy atom. The second kappa shape index (κ2) is 8.55. The number of methoxy groups -OCH3 is 1. The Hall–Kier alpha value is -3.53. The number of nitrogens with zero attached hydrogens (tertiary/aromatic N) is 3. The number of hydrogen-bond acceptors (Lipinski definition) is 7. The number of amides is 2. The molecular formula is C26H22BrN3O6. The first-order valence-corrected chi connectivity index (χ1v) is 12.5. The van der Waals surface area contributed by atoms with Crippen molar-refractivity contribution in [2.45, 2.75) is 13.0 Å². The molecule has 2 aromatic carbocycles. The molecule has 7 rings (SSSR count). The zero-order valence-corrected chi connectivity index (χ0v) is 20.8. The van der Waals surface area contributed by atoms with Gasteiger partial charge in [-0.05, 0) is 81.4 Å². The third-order valence-electron chi connectivity index (χ3n) is 7.74. The lowest BCUT2D eigenvalue weighted by molar-refractivity contribution is -0.384. The van der Waals surface area contributed by atoms with Gasteiger partial charge in [0.05, 0.1) is 34.6 Å². The second-order valence-corrected chi connectivity index (χ2v) is 10.5. The number of non-ortho nitro benzene ring substituents is 1. The number of allylic oxidation sites excluding steroid dienone is 2. The summed E-state index contributed by atoms with van der Waals surface area (Å²) in [6.07, 6.45) is 6.87. The molecule has 36 heavy (non-hydrogen) atoms. The number of rotatable bonds is 7. The first-order valence-electron chi connectivity index (χ1n) is 11.7. The van der Waals surface area contributed by atoms with Crippen LogP contribution in [0.5, 0.6) is 11.5 Å². The van der Waals surface area contributed by atoms with Gasteiger partial charge >= 0.3 is 0 Å². The maximum absolute atomic E-state index is 13.1. The summed E-state index contributed by atoms with van der Waals surface area (Å²) in [5.74, 6) is 1.29. The van der Waals surface area contributed by atoms with E-state index in [2.05, 4.69) is 33.2 Å². The highest BCUT2D eigenvalue weighted by Crippen LogP contribution is 2.65. The number of nitro benzene ring substituents is 1. The lowest BCUT2D eigenvalue weighted by Gasteiger charge is -2.37. The lowest BCUT2D eigenvalue weighted by Crippen LogP contribution is -2.40. The van der Waals surface area contributed by atoms with Crippen LogP contribution in [0.4, 0.5) is 5.69 Å². The molecule has 0 unspecified atom stereocenters. The Balaban J connectivity index is 1.18. The molecule has 9 nitrogen and oxygen atoms in total. The highest BCUT2D eigenvalue weighted by atomic mass is 79.9. The number of carbonyl (C=O) groups excluding carboxylic acids is 2. The Kier molecular flexibility index (Phi) is 5.44. The maximum Gasteiger partial charge on any atom is 0.269 e. The van der Waals surface area contributed by atoms with Crippen LogP contribution in [0.3, 0.4) is 0 Å². The van der Waals surface area contributed by atoms with Gasteiger partial charge in [0.2, 0.25) is 0 Å². The van der Waals surface area contributed by atoms with Crippen molar-refractivity contribution in [2.24, 2.45) is 40.6 Å². The molecule has 2 bridgehead atoms. The van der Waals surface area contributed by atoms with Gasteiger partial charge in [-0.15, -0.1) is 0 Å². The van der Waals surface area contributed by atoms with E-state index in [-0.39, 0.29) is 47.8 Å². The Morgan fingerprint density at radius 2 is 1.75 bits per heavy atom. The highest BCUT2D eigenvalue weighted by molar-refractivity contribution is 9.10. The van der Waals surface area contributed by atoms with Gasteiger partial charge in [0.25, 0.3) is 17.5 Å². The second-order valence-electron chi connectivity index (χ2n) is 9.63. The minimum Gasteiger partial charge on any atom is -0.493 e. The smallest absolute Gasteiger partial charge is 0.269 e. The molecule has 1 aliphatic heterocycles. The molecule has 184 valence electrons. The molecule has 1 heterocycles. The number of ether oxygens (including phenoxy) is 2. The van der Waals surface area contributed by atoms with Crippen molar-refractivity contribution >= 4 is 39.6 Å². The van der Waals surface area contributed by atoms with E-state index in [1.165, 1.54) is 25.5 Å². The van der Waals surface area contributed by atoms with Gasteiger partial charge in [0.1, 0.15) is 6.61 Å². The van der Waals surface area contributed by atoms with Crippen LogP contribution >= 0.6 is 15.9 Å². The molecule has 0 spiro atoms. The van der Waals surface area contributed by atoms with Crippen LogP contribution in [0.15, 0.2) is 58.1 Å². The number of carbonyl (C=O) groups is 2. The van der Waals surface area contributed by atoms with Crippen molar-refractivity contribution in [1.82, 2.24) is 5.01 Å². The van der Waals surface area contributed by atoms with Crippen molar-refractivity contribution in [1.29, 1.82) is 0 Å². The van der Waals surface area contributed by atoms with Crippen LogP contribution in [-0.4, -0.2) is 35.1 Å². The normalized spacial score (nSPS) is 29.4. The third kappa shape index (κ3) is 3.62. The molecule has 2 saturated carbocycles. The fourth-order valence-corrected chi connectivity index (χ4v) is 6.58. The van der Waals surface area contributed by atoms with E-state index in [0.29, 0.717) is 33.4 Å². The predicted octanol–water partition coefficient (Wildman–Crippen LogP) is 4.33. The highest BCUT2D eigenvalue weighted by Gasteiger charge is 2.67. The fourth-order valence-electron chi connectivity index (χ4n) is 6.00. The van der Waals surface area contributed by atoms with Crippen molar-refractivity contribution in [2.75, 3.05) is 7.11 Å². The molecule has 2 amide bonds. The zero-order valence-electron chi connectivity index (χ0n) is 19.2. The van der Waals surface area contributed by atoms with Crippen molar-refractivity contribution in [3.63, 3.8) is 0 Å². The standard InChI is InChI=1S/C26H22BrN3O6/c1-35-21-9-14(8-20(27)24(21)36-12-13-2-4-15(5-3-13)30(33)34)11-28-29-25(31)22-16-6-7-17(19-10-18(16)19)23(22)26(29)32/h2-9,11,16-19,22-23H,10,12H2,1H3/b28-11-/t16-,17-,18-,19+,22+,23+/m1/s1. The summed E-state index contributed by atoms with van der Waals surface area (Å²) in [6.45, 7) is 0.179. The SMILES string of the molecule is COc1cc(/C=N\N2C(=O)[C@H]3[C@@H]4C=C[C@H]([C@@H]5C[C@H]45)[C@@H]3C2=O)cc(Br)c1OCc1ccc([N+](=O)[O-])cc1. The molecule has 5 aliphatic rings. The number of halogens is 1. The molecule has 10 heteroatoms. The van der Waals surface area contributed by atoms with Gasteiger partial charge in [-0.1, -0.05) is 12.2 Å².